The number of ether oxygens (including phenoxy) is 1. The van der Waals surface area contributed by atoms with E-state index in [4.69, 9.17) is 16.1 Å². The lowest BCUT2D eigenvalue weighted by Gasteiger charge is -2.07. The van der Waals surface area contributed by atoms with Crippen molar-refractivity contribution in [2.75, 3.05) is 12.4 Å². The summed E-state index contributed by atoms with van der Waals surface area (Å²) in [6, 6.07) is 12.2. The second-order valence-electron chi connectivity index (χ2n) is 5.74. The van der Waals surface area contributed by atoms with Gasteiger partial charge in [-0.05, 0) is 30.7 Å². The number of amides is 1. The zero-order chi connectivity index (χ0) is 19.4. The van der Waals surface area contributed by atoms with E-state index in [0.717, 1.165) is 11.1 Å². The van der Waals surface area contributed by atoms with E-state index in [1.54, 1.807) is 6.07 Å². The maximum atomic E-state index is 12.2. The molecule has 7 nitrogen and oxygen atoms in total. The van der Waals surface area contributed by atoms with Crippen molar-refractivity contribution in [3.8, 4) is 11.4 Å². The first-order valence-electron chi connectivity index (χ1n) is 8.04. The monoisotopic (exact) mass is 385 g/mol. The van der Waals surface area contributed by atoms with Gasteiger partial charge in [0.25, 0.3) is 0 Å². The van der Waals surface area contributed by atoms with E-state index in [9.17, 15) is 9.59 Å². The number of hydrogen-bond acceptors (Lipinski definition) is 6. The van der Waals surface area contributed by atoms with Crippen LogP contribution in [-0.4, -0.2) is 29.1 Å². The Labute approximate surface area is 160 Å². The average Bonchev–Trinajstić information content (AvgIpc) is 3.11. The van der Waals surface area contributed by atoms with Gasteiger partial charge in [0.2, 0.25) is 17.6 Å². The molecule has 1 N–H and O–H groups in total. The molecule has 0 aliphatic rings. The molecule has 0 bridgehead atoms. The molecule has 0 unspecified atom stereocenters. The molecule has 3 aromatic rings. The first-order chi connectivity index (χ1) is 13.0. The number of anilines is 1. The van der Waals surface area contributed by atoms with Crippen LogP contribution in [0, 0.1) is 6.92 Å². The SMILES string of the molecule is COC(=O)c1cc(NC(=O)Cc2nc(-c3ccccc3C)no2)ccc1Cl. The van der Waals surface area contributed by atoms with Crippen LogP contribution in [0.3, 0.4) is 0 Å². The molecule has 8 heteroatoms. The number of carbonyl (C=O) groups is 2. The number of benzene rings is 2. The number of methoxy groups -OCH3 is 1. The highest BCUT2D eigenvalue weighted by Crippen LogP contribution is 2.22. The molecule has 0 aliphatic heterocycles. The van der Waals surface area contributed by atoms with Crippen LogP contribution in [-0.2, 0) is 16.0 Å². The minimum Gasteiger partial charge on any atom is -0.465 e. The standard InChI is InChI=1S/C19H16ClN3O4/c1-11-5-3-4-6-13(11)18-22-17(27-23-18)10-16(24)21-12-7-8-15(20)14(9-12)19(25)26-2/h3-9H,10H2,1-2H3,(H,21,24). The number of rotatable bonds is 5. The summed E-state index contributed by atoms with van der Waals surface area (Å²) in [5, 5.41) is 6.82. The normalized spacial score (nSPS) is 10.5. The number of aromatic nitrogens is 2. The smallest absolute Gasteiger partial charge is 0.339 e. The van der Waals surface area contributed by atoms with E-state index in [2.05, 4.69) is 20.2 Å². The molecular weight excluding hydrogens is 370 g/mol. The molecule has 1 heterocycles. The van der Waals surface area contributed by atoms with Crippen molar-refractivity contribution in [3.05, 3.63) is 64.5 Å². The van der Waals surface area contributed by atoms with Gasteiger partial charge in [-0.3, -0.25) is 4.79 Å². The van der Waals surface area contributed by atoms with Crippen molar-refractivity contribution in [1.29, 1.82) is 0 Å². The summed E-state index contributed by atoms with van der Waals surface area (Å²) in [6.45, 7) is 1.94. The van der Waals surface area contributed by atoms with Gasteiger partial charge in [-0.1, -0.05) is 41.0 Å². The first kappa shape index (κ1) is 18.6. The molecule has 138 valence electrons. The van der Waals surface area contributed by atoms with Crippen molar-refractivity contribution in [3.63, 3.8) is 0 Å². The number of nitrogens with zero attached hydrogens (tertiary/aromatic N) is 2. The number of hydrogen-bond donors (Lipinski definition) is 1. The van der Waals surface area contributed by atoms with Crippen LogP contribution in [0.15, 0.2) is 47.0 Å². The maximum Gasteiger partial charge on any atom is 0.339 e. The Balaban J connectivity index is 1.70. The predicted molar refractivity (Wildman–Crippen MR) is 99.6 cm³/mol. The van der Waals surface area contributed by atoms with Crippen LogP contribution in [0.5, 0.6) is 0 Å². The van der Waals surface area contributed by atoms with E-state index in [1.165, 1.54) is 19.2 Å². The summed E-state index contributed by atoms with van der Waals surface area (Å²) in [4.78, 5) is 28.2. The van der Waals surface area contributed by atoms with Crippen molar-refractivity contribution in [1.82, 2.24) is 10.1 Å². The molecule has 27 heavy (non-hydrogen) atoms. The second kappa shape index (κ2) is 8.01. The molecule has 3 rings (SSSR count). The highest BCUT2D eigenvalue weighted by atomic mass is 35.5. The number of nitrogens with one attached hydrogen (secondary N) is 1. The molecule has 0 aliphatic carbocycles. The fourth-order valence-corrected chi connectivity index (χ4v) is 2.67. The van der Waals surface area contributed by atoms with Gasteiger partial charge in [0.15, 0.2) is 0 Å². The Hall–Kier alpha value is -3.19. The zero-order valence-corrected chi connectivity index (χ0v) is 15.4. The predicted octanol–water partition coefficient (Wildman–Crippen LogP) is 3.67. The largest absolute Gasteiger partial charge is 0.465 e. The minimum absolute atomic E-state index is 0.102. The Bertz CT molecular complexity index is 1000. The third kappa shape index (κ3) is 4.32. The van der Waals surface area contributed by atoms with Gasteiger partial charge in [0.05, 0.1) is 17.7 Å². The Morgan fingerprint density at radius 3 is 2.74 bits per heavy atom. The van der Waals surface area contributed by atoms with Crippen LogP contribution < -0.4 is 5.32 Å². The lowest BCUT2D eigenvalue weighted by Crippen LogP contribution is -2.15. The topological polar surface area (TPSA) is 94.3 Å². The van der Waals surface area contributed by atoms with E-state index < -0.39 is 5.97 Å². The summed E-state index contributed by atoms with van der Waals surface area (Å²) in [7, 11) is 1.26. The molecule has 0 atom stereocenters. The van der Waals surface area contributed by atoms with Crippen LogP contribution in [0.1, 0.15) is 21.8 Å². The number of halogens is 1. The molecule has 0 saturated carbocycles. The zero-order valence-electron chi connectivity index (χ0n) is 14.7. The van der Waals surface area contributed by atoms with Gasteiger partial charge in [0.1, 0.15) is 6.42 Å². The van der Waals surface area contributed by atoms with Gasteiger partial charge in [0, 0.05) is 11.3 Å². The molecule has 1 amide bonds. The van der Waals surface area contributed by atoms with Crippen molar-refractivity contribution in [2.24, 2.45) is 0 Å². The fraction of sp³-hybridized carbons (Fsp3) is 0.158. The van der Waals surface area contributed by atoms with E-state index >= 15 is 0 Å². The second-order valence-corrected chi connectivity index (χ2v) is 6.15. The Morgan fingerprint density at radius 1 is 1.22 bits per heavy atom. The fourth-order valence-electron chi connectivity index (χ4n) is 2.47. The molecular formula is C19H16ClN3O4. The van der Waals surface area contributed by atoms with E-state index in [-0.39, 0.29) is 28.8 Å². The van der Waals surface area contributed by atoms with Gasteiger partial charge in [-0.2, -0.15) is 4.98 Å². The maximum absolute atomic E-state index is 12.2. The van der Waals surface area contributed by atoms with Crippen molar-refractivity contribution >= 4 is 29.2 Å². The van der Waals surface area contributed by atoms with Gasteiger partial charge >= 0.3 is 5.97 Å². The molecule has 1 aromatic heterocycles. The van der Waals surface area contributed by atoms with E-state index in [0.29, 0.717) is 11.5 Å². The minimum atomic E-state index is -0.587. The third-order valence-electron chi connectivity index (χ3n) is 3.82. The Morgan fingerprint density at radius 2 is 2.00 bits per heavy atom. The van der Waals surface area contributed by atoms with Gasteiger partial charge < -0.3 is 14.6 Å². The summed E-state index contributed by atoms with van der Waals surface area (Å²) in [5.41, 5.74) is 2.42. The molecule has 0 spiro atoms. The van der Waals surface area contributed by atoms with E-state index in [1.807, 2.05) is 31.2 Å². The molecule has 0 radical (unpaired) electrons. The molecule has 0 fully saturated rings. The van der Waals surface area contributed by atoms with Crippen molar-refractivity contribution < 1.29 is 18.8 Å². The molecule has 0 saturated heterocycles. The summed E-state index contributed by atoms with van der Waals surface area (Å²) < 4.78 is 9.82. The average molecular weight is 386 g/mol. The Kier molecular flexibility index (Phi) is 5.52. The van der Waals surface area contributed by atoms with Crippen molar-refractivity contribution in [2.45, 2.75) is 13.3 Å². The first-order valence-corrected chi connectivity index (χ1v) is 8.42. The summed E-state index contributed by atoms with van der Waals surface area (Å²) in [5.74, 6) is -0.340. The third-order valence-corrected chi connectivity index (χ3v) is 4.15. The quantitative estimate of drug-likeness (QED) is 0.673. The van der Waals surface area contributed by atoms with Crippen LogP contribution in [0.2, 0.25) is 5.02 Å². The lowest BCUT2D eigenvalue weighted by atomic mass is 10.1. The molecule has 2 aromatic carbocycles. The lowest BCUT2D eigenvalue weighted by molar-refractivity contribution is -0.115. The van der Waals surface area contributed by atoms with Crippen LogP contribution in [0.25, 0.3) is 11.4 Å². The number of esters is 1. The van der Waals surface area contributed by atoms with Gasteiger partial charge in [-0.15, -0.1) is 0 Å². The summed E-state index contributed by atoms with van der Waals surface area (Å²) in [6.07, 6.45) is -0.102. The van der Waals surface area contributed by atoms with Gasteiger partial charge in [-0.25, -0.2) is 4.79 Å². The van der Waals surface area contributed by atoms with Crippen LogP contribution in [0.4, 0.5) is 5.69 Å². The highest BCUT2D eigenvalue weighted by Gasteiger charge is 2.16. The number of aryl methyl sites for hydroxylation is 1. The highest BCUT2D eigenvalue weighted by molar-refractivity contribution is 6.33. The summed E-state index contributed by atoms with van der Waals surface area (Å²) >= 11 is 5.96. The van der Waals surface area contributed by atoms with Crippen LogP contribution >= 0.6 is 11.6 Å². The number of carbonyl (C=O) groups excluding carboxylic acids is 2.